The van der Waals surface area contributed by atoms with Crippen molar-refractivity contribution in [3.63, 3.8) is 0 Å². The van der Waals surface area contributed by atoms with Crippen LogP contribution in [-0.4, -0.2) is 17.0 Å². The first kappa shape index (κ1) is 16.1. The van der Waals surface area contributed by atoms with E-state index in [0.717, 1.165) is 30.6 Å². The maximum absolute atomic E-state index is 12.2. The molecule has 4 fully saturated rings. The summed E-state index contributed by atoms with van der Waals surface area (Å²) in [5.74, 6) is 3.64. The normalized spacial score (nSPS) is 55.7. The van der Waals surface area contributed by atoms with Crippen LogP contribution in [0.4, 0.5) is 0 Å². The summed E-state index contributed by atoms with van der Waals surface area (Å²) in [4.78, 5) is 12.2. The van der Waals surface area contributed by atoms with Gasteiger partial charge in [0.15, 0.2) is 0 Å². The van der Waals surface area contributed by atoms with Crippen molar-refractivity contribution < 1.29 is 9.90 Å². The van der Waals surface area contributed by atoms with Crippen LogP contribution >= 0.6 is 0 Å². The molecule has 130 valence electrons. The van der Waals surface area contributed by atoms with E-state index in [2.05, 4.69) is 13.8 Å². The number of fused-ring (bicyclic) bond motifs is 5. The molecule has 0 aromatic rings. The fraction of sp³-hybridized carbons (Fsp3) is 0.952. The van der Waals surface area contributed by atoms with E-state index in [1.165, 1.54) is 44.9 Å². The zero-order chi connectivity index (χ0) is 16.4. The van der Waals surface area contributed by atoms with Gasteiger partial charge in [-0.25, -0.2) is 0 Å². The van der Waals surface area contributed by atoms with Gasteiger partial charge in [-0.05, 0) is 92.8 Å². The number of hydrogen-bond acceptors (Lipinski definition) is 2. The lowest BCUT2D eigenvalue weighted by Crippen LogP contribution is -2.57. The first-order valence-electron chi connectivity index (χ1n) is 10.1. The van der Waals surface area contributed by atoms with Gasteiger partial charge in [-0.2, -0.15) is 0 Å². The van der Waals surface area contributed by atoms with Crippen LogP contribution in [0.1, 0.15) is 78.6 Å². The zero-order valence-corrected chi connectivity index (χ0v) is 15.2. The highest BCUT2D eigenvalue weighted by Gasteiger charge is 2.62. The molecule has 0 aromatic heterocycles. The highest BCUT2D eigenvalue weighted by atomic mass is 16.3. The number of hydrogen-bond donors (Lipinski definition) is 1. The fourth-order valence-electron chi connectivity index (χ4n) is 7.98. The van der Waals surface area contributed by atoms with E-state index in [9.17, 15) is 9.90 Å². The van der Waals surface area contributed by atoms with Crippen LogP contribution in [-0.2, 0) is 4.79 Å². The molecule has 4 aliphatic carbocycles. The Hall–Kier alpha value is -0.370. The topological polar surface area (TPSA) is 37.3 Å². The second kappa shape index (κ2) is 5.31. The van der Waals surface area contributed by atoms with Gasteiger partial charge < -0.3 is 5.11 Å². The molecule has 0 spiro atoms. The third kappa shape index (κ3) is 2.06. The minimum absolute atomic E-state index is 0.0941. The molecule has 23 heavy (non-hydrogen) atoms. The molecule has 1 unspecified atom stereocenters. The third-order valence-electron chi connectivity index (χ3n) is 9.20. The second-order valence-electron chi connectivity index (χ2n) is 9.75. The van der Waals surface area contributed by atoms with Crippen LogP contribution in [0.15, 0.2) is 0 Å². The first-order chi connectivity index (χ1) is 10.9. The third-order valence-corrected chi connectivity index (χ3v) is 9.20. The number of aliphatic hydroxyl groups excluding tert-OH is 1. The van der Waals surface area contributed by atoms with Crippen molar-refractivity contribution in [1.29, 1.82) is 0 Å². The maximum atomic E-state index is 12.2. The first-order valence-corrected chi connectivity index (χ1v) is 10.1. The summed E-state index contributed by atoms with van der Waals surface area (Å²) in [7, 11) is 0. The van der Waals surface area contributed by atoms with Crippen molar-refractivity contribution in [3.8, 4) is 0 Å². The number of rotatable bonds is 1. The lowest BCUT2D eigenvalue weighted by molar-refractivity contribution is -0.164. The maximum Gasteiger partial charge on any atom is 0.133 e. The van der Waals surface area contributed by atoms with Crippen LogP contribution in [0.5, 0.6) is 0 Å². The minimum Gasteiger partial charge on any atom is -0.393 e. The van der Waals surface area contributed by atoms with E-state index in [1.807, 2.05) is 6.92 Å². The summed E-state index contributed by atoms with van der Waals surface area (Å²) < 4.78 is 0. The molecule has 2 nitrogen and oxygen atoms in total. The highest BCUT2D eigenvalue weighted by molar-refractivity contribution is 5.79. The molecule has 2 heteroatoms. The van der Waals surface area contributed by atoms with Gasteiger partial charge in [-0.3, -0.25) is 4.79 Å². The van der Waals surface area contributed by atoms with E-state index in [1.54, 1.807) is 0 Å². The van der Waals surface area contributed by atoms with Crippen LogP contribution < -0.4 is 0 Å². The SMILES string of the molecule is CC(=O)[C@H]1CC[C@H]2[C@@H]3CC[C@@H]4CCCC(O)[C@]4(C)[C@H]3CC[C@]12C. The van der Waals surface area contributed by atoms with Gasteiger partial charge in [-0.1, -0.05) is 20.3 Å². The number of carbonyl (C=O) groups excluding carboxylic acids is 1. The number of carbonyl (C=O) groups is 1. The quantitative estimate of drug-likeness (QED) is 0.767. The van der Waals surface area contributed by atoms with Gasteiger partial charge in [0.05, 0.1) is 6.10 Å². The molecule has 0 aromatic carbocycles. The Morgan fingerprint density at radius 1 is 0.957 bits per heavy atom. The number of aliphatic hydroxyl groups is 1. The molecule has 0 aliphatic heterocycles. The Kier molecular flexibility index (Phi) is 3.72. The lowest BCUT2D eigenvalue weighted by atomic mass is 9.44. The molecule has 0 bridgehead atoms. The predicted molar refractivity (Wildman–Crippen MR) is 91.9 cm³/mol. The zero-order valence-electron chi connectivity index (χ0n) is 15.2. The average molecular weight is 319 g/mol. The van der Waals surface area contributed by atoms with E-state index < -0.39 is 0 Å². The molecule has 0 radical (unpaired) electrons. The lowest BCUT2D eigenvalue weighted by Gasteiger charge is -2.61. The van der Waals surface area contributed by atoms with Crippen molar-refractivity contribution in [2.45, 2.75) is 84.7 Å². The van der Waals surface area contributed by atoms with E-state index in [-0.39, 0.29) is 16.9 Å². The summed E-state index contributed by atoms with van der Waals surface area (Å²) in [5.41, 5.74) is 0.395. The van der Waals surface area contributed by atoms with E-state index in [0.29, 0.717) is 17.6 Å². The molecule has 4 saturated carbocycles. The minimum atomic E-state index is -0.0941. The van der Waals surface area contributed by atoms with Crippen molar-refractivity contribution in [2.75, 3.05) is 0 Å². The Labute approximate surface area is 141 Å². The molecular formula is C21H34O2. The Morgan fingerprint density at radius 3 is 2.48 bits per heavy atom. The van der Waals surface area contributed by atoms with E-state index in [4.69, 9.17) is 0 Å². The molecule has 1 N–H and O–H groups in total. The van der Waals surface area contributed by atoms with Crippen LogP contribution in [0.3, 0.4) is 0 Å². The Bertz CT molecular complexity index is 500. The molecular weight excluding hydrogens is 284 g/mol. The second-order valence-corrected chi connectivity index (χ2v) is 9.75. The predicted octanol–water partition coefficient (Wildman–Crippen LogP) is 4.60. The summed E-state index contributed by atoms with van der Waals surface area (Å²) in [6, 6.07) is 0. The molecule has 4 aliphatic rings. The number of ketones is 1. The Morgan fingerprint density at radius 2 is 1.74 bits per heavy atom. The van der Waals surface area contributed by atoms with Gasteiger partial charge >= 0.3 is 0 Å². The van der Waals surface area contributed by atoms with Crippen molar-refractivity contribution in [3.05, 3.63) is 0 Å². The summed E-state index contributed by atoms with van der Waals surface area (Å²) >= 11 is 0. The van der Waals surface area contributed by atoms with E-state index >= 15 is 0 Å². The van der Waals surface area contributed by atoms with Crippen molar-refractivity contribution >= 4 is 5.78 Å². The standard InChI is InChI=1S/C21H34O2/c1-13(22)16-9-10-17-15-8-7-14-5-4-6-19(23)21(14,3)18(15)11-12-20(16,17)2/h14-19,23H,4-12H2,1-3H3/t14-,15-,16+,17-,18-,19?,20+,21-/m0/s1. The van der Waals surface area contributed by atoms with Gasteiger partial charge in [0, 0.05) is 5.92 Å². The summed E-state index contributed by atoms with van der Waals surface area (Å²) in [6.45, 7) is 6.64. The molecule has 0 saturated heterocycles. The largest absolute Gasteiger partial charge is 0.393 e. The molecule has 8 atom stereocenters. The average Bonchev–Trinajstić information content (AvgIpc) is 2.86. The van der Waals surface area contributed by atoms with Crippen LogP contribution in [0, 0.1) is 40.4 Å². The molecule has 4 rings (SSSR count). The van der Waals surface area contributed by atoms with Gasteiger partial charge in [-0.15, -0.1) is 0 Å². The summed E-state index contributed by atoms with van der Waals surface area (Å²) in [6.07, 6.45) is 10.9. The molecule has 0 amide bonds. The van der Waals surface area contributed by atoms with Gasteiger partial charge in [0.2, 0.25) is 0 Å². The summed E-state index contributed by atoms with van der Waals surface area (Å²) in [5, 5.41) is 10.9. The van der Waals surface area contributed by atoms with Crippen molar-refractivity contribution in [2.24, 2.45) is 40.4 Å². The van der Waals surface area contributed by atoms with Crippen molar-refractivity contribution in [1.82, 2.24) is 0 Å². The van der Waals surface area contributed by atoms with Gasteiger partial charge in [0.1, 0.15) is 5.78 Å². The highest BCUT2D eigenvalue weighted by Crippen LogP contribution is 2.67. The fourth-order valence-corrected chi connectivity index (χ4v) is 7.98. The smallest absolute Gasteiger partial charge is 0.133 e. The number of Topliss-reactive ketones (excluding diaryl/α,β-unsaturated/α-hetero) is 1. The van der Waals surface area contributed by atoms with Crippen LogP contribution in [0.2, 0.25) is 0 Å². The monoisotopic (exact) mass is 318 g/mol. The van der Waals surface area contributed by atoms with Gasteiger partial charge in [0.25, 0.3) is 0 Å². The Balaban J connectivity index is 1.66. The van der Waals surface area contributed by atoms with Crippen LogP contribution in [0.25, 0.3) is 0 Å². The molecule has 0 heterocycles.